The maximum atomic E-state index is 11.2. The predicted molar refractivity (Wildman–Crippen MR) is 114 cm³/mol. The van der Waals surface area contributed by atoms with E-state index in [1.807, 2.05) is 78.0 Å². The lowest BCUT2D eigenvalue weighted by atomic mass is 10.0. The normalized spacial score (nSPS) is 23.4. The number of nitrogens with zero attached hydrogens (tertiary/aromatic N) is 2. The number of allylic oxidation sites excluding steroid dienone is 9. The Hall–Kier alpha value is -2.60. The molecule has 0 spiro atoms. The summed E-state index contributed by atoms with van der Waals surface area (Å²) in [5.41, 5.74) is 2.85. The number of amides is 1. The Morgan fingerprint density at radius 1 is 1.33 bits per heavy atom. The van der Waals surface area contributed by atoms with Gasteiger partial charge in [-0.1, -0.05) is 57.2 Å². The Morgan fingerprint density at radius 3 is 2.56 bits per heavy atom. The van der Waals surface area contributed by atoms with Crippen molar-refractivity contribution >= 4 is 12.3 Å². The Balaban J connectivity index is 0.00000326. The number of hydrogen-bond donors (Lipinski definition) is 3. The molecule has 1 unspecified atom stereocenters. The van der Waals surface area contributed by atoms with E-state index in [2.05, 4.69) is 10.3 Å². The van der Waals surface area contributed by atoms with Crippen LogP contribution in [-0.2, 0) is 0 Å². The van der Waals surface area contributed by atoms with E-state index in [1.165, 1.54) is 5.01 Å². The van der Waals surface area contributed by atoms with E-state index < -0.39 is 6.09 Å². The summed E-state index contributed by atoms with van der Waals surface area (Å²) in [6.45, 7) is 11.7. The smallest absolute Gasteiger partial charge is 0.408 e. The van der Waals surface area contributed by atoms with Crippen LogP contribution in [0.15, 0.2) is 64.2 Å². The summed E-state index contributed by atoms with van der Waals surface area (Å²) in [4.78, 5) is 15.6. The molecule has 0 radical (unpaired) electrons. The van der Waals surface area contributed by atoms with Crippen molar-refractivity contribution in [1.29, 1.82) is 0 Å². The van der Waals surface area contributed by atoms with Crippen molar-refractivity contribution in [1.82, 2.24) is 10.3 Å². The SMILES string of the molecule is CC.C\C=C(C)/N=C\C(=C/C)N(N)/C1=C(\NC(=O)O)CC(C)/C=C\C=C/C1. The lowest BCUT2D eigenvalue weighted by Crippen LogP contribution is -2.35. The highest BCUT2D eigenvalue weighted by Crippen LogP contribution is 2.22. The highest BCUT2D eigenvalue weighted by molar-refractivity contribution is 5.79. The molecule has 1 aliphatic rings. The Labute approximate surface area is 163 Å². The lowest BCUT2D eigenvalue weighted by molar-refractivity contribution is 0.196. The molecule has 1 aliphatic carbocycles. The third-order valence-corrected chi connectivity index (χ3v) is 3.81. The van der Waals surface area contributed by atoms with Crippen LogP contribution < -0.4 is 11.2 Å². The number of carbonyl (C=O) groups is 1. The van der Waals surface area contributed by atoms with Crippen LogP contribution in [-0.4, -0.2) is 22.4 Å². The van der Waals surface area contributed by atoms with Crippen molar-refractivity contribution < 1.29 is 9.90 Å². The van der Waals surface area contributed by atoms with Crippen molar-refractivity contribution in [2.75, 3.05) is 0 Å². The zero-order chi connectivity index (χ0) is 20.8. The molecule has 0 aromatic heterocycles. The Morgan fingerprint density at radius 2 is 2.00 bits per heavy atom. The van der Waals surface area contributed by atoms with Gasteiger partial charge < -0.3 is 5.11 Å². The van der Waals surface area contributed by atoms with Crippen molar-refractivity contribution in [2.45, 2.75) is 54.4 Å². The Kier molecular flexibility index (Phi) is 12.3. The summed E-state index contributed by atoms with van der Waals surface area (Å²) in [6, 6.07) is 0. The van der Waals surface area contributed by atoms with Gasteiger partial charge in [0.25, 0.3) is 0 Å². The molecule has 4 N–H and O–H groups in total. The van der Waals surface area contributed by atoms with Crippen LogP contribution in [0, 0.1) is 5.92 Å². The maximum absolute atomic E-state index is 11.2. The van der Waals surface area contributed by atoms with Crippen LogP contribution in [0.1, 0.15) is 54.4 Å². The topological polar surface area (TPSA) is 91.0 Å². The molecule has 0 saturated heterocycles. The highest BCUT2D eigenvalue weighted by Gasteiger charge is 2.18. The van der Waals surface area contributed by atoms with Crippen molar-refractivity contribution in [2.24, 2.45) is 16.8 Å². The molecule has 6 heteroatoms. The minimum Gasteiger partial charge on any atom is -0.465 e. The second-order valence-corrected chi connectivity index (χ2v) is 5.83. The van der Waals surface area contributed by atoms with Crippen LogP contribution in [0.4, 0.5) is 4.79 Å². The minimum absolute atomic E-state index is 0.181. The summed E-state index contributed by atoms with van der Waals surface area (Å²) in [5.74, 6) is 6.50. The first-order valence-corrected chi connectivity index (χ1v) is 9.32. The molecule has 1 atom stereocenters. The fourth-order valence-corrected chi connectivity index (χ4v) is 2.31. The molecule has 6 nitrogen and oxygen atoms in total. The first-order chi connectivity index (χ1) is 12.9. The molecule has 0 aromatic carbocycles. The summed E-state index contributed by atoms with van der Waals surface area (Å²) in [7, 11) is 0. The number of hydrazine groups is 1. The molecule has 0 saturated carbocycles. The van der Waals surface area contributed by atoms with Gasteiger partial charge in [-0.25, -0.2) is 10.6 Å². The number of carboxylic acid groups (broad SMARTS) is 1. The van der Waals surface area contributed by atoms with E-state index >= 15 is 0 Å². The first-order valence-electron chi connectivity index (χ1n) is 9.32. The Bertz CT molecular complexity index is 655. The molecular formula is C21H34N4O2. The average molecular weight is 375 g/mol. The van der Waals surface area contributed by atoms with Gasteiger partial charge in [-0.05, 0) is 33.1 Å². The number of rotatable bonds is 5. The number of hydrogen-bond acceptors (Lipinski definition) is 4. The zero-order valence-corrected chi connectivity index (χ0v) is 17.4. The first kappa shape index (κ1) is 24.4. The highest BCUT2D eigenvalue weighted by atomic mass is 16.4. The third-order valence-electron chi connectivity index (χ3n) is 3.81. The molecule has 1 rings (SSSR count). The maximum Gasteiger partial charge on any atom is 0.408 e. The van der Waals surface area contributed by atoms with Crippen molar-refractivity contribution in [3.63, 3.8) is 0 Å². The van der Waals surface area contributed by atoms with Crippen LogP contribution in [0.25, 0.3) is 0 Å². The van der Waals surface area contributed by atoms with Crippen molar-refractivity contribution in [3.8, 4) is 0 Å². The average Bonchev–Trinajstić information content (AvgIpc) is 2.73. The molecular weight excluding hydrogens is 340 g/mol. The summed E-state index contributed by atoms with van der Waals surface area (Å²) < 4.78 is 0. The van der Waals surface area contributed by atoms with Gasteiger partial charge in [0, 0.05) is 17.8 Å². The molecule has 150 valence electrons. The second-order valence-electron chi connectivity index (χ2n) is 5.83. The number of nitrogens with one attached hydrogen (secondary N) is 1. The molecule has 0 aliphatic heterocycles. The van der Waals surface area contributed by atoms with E-state index in [0.717, 1.165) is 5.70 Å². The fourth-order valence-electron chi connectivity index (χ4n) is 2.31. The molecule has 27 heavy (non-hydrogen) atoms. The van der Waals surface area contributed by atoms with Crippen LogP contribution >= 0.6 is 0 Å². The van der Waals surface area contributed by atoms with E-state index in [0.29, 0.717) is 29.9 Å². The largest absolute Gasteiger partial charge is 0.465 e. The predicted octanol–water partition coefficient (Wildman–Crippen LogP) is 5.11. The van der Waals surface area contributed by atoms with Crippen LogP contribution in [0.2, 0.25) is 0 Å². The molecule has 0 fully saturated rings. The van der Waals surface area contributed by atoms with Crippen LogP contribution in [0.5, 0.6) is 0 Å². The fraction of sp³-hybridized carbons (Fsp3) is 0.429. The van der Waals surface area contributed by atoms with Gasteiger partial charge in [-0.2, -0.15) is 0 Å². The zero-order valence-electron chi connectivity index (χ0n) is 17.4. The van der Waals surface area contributed by atoms with Crippen LogP contribution in [0.3, 0.4) is 0 Å². The van der Waals surface area contributed by atoms with E-state index in [-0.39, 0.29) is 5.92 Å². The molecule has 0 bridgehead atoms. The van der Waals surface area contributed by atoms with E-state index in [9.17, 15) is 9.90 Å². The summed E-state index contributed by atoms with van der Waals surface area (Å²) >= 11 is 0. The van der Waals surface area contributed by atoms with E-state index in [1.54, 1.807) is 6.21 Å². The quantitative estimate of drug-likeness (QED) is 0.354. The molecule has 0 heterocycles. The van der Waals surface area contributed by atoms with Gasteiger partial charge in [-0.3, -0.25) is 15.3 Å². The monoisotopic (exact) mass is 374 g/mol. The molecule has 1 amide bonds. The van der Waals surface area contributed by atoms with Gasteiger partial charge in [0.15, 0.2) is 0 Å². The van der Waals surface area contributed by atoms with Gasteiger partial charge in [0.05, 0.1) is 17.6 Å². The number of aliphatic imine (C=N–C) groups is 1. The van der Waals surface area contributed by atoms with Gasteiger partial charge in [-0.15, -0.1) is 0 Å². The standard InChI is InChI=1S/C19H28N4O2.C2H6/c1-5-15(4)21-13-16(6-2)23(20)18-11-9-7-8-10-14(3)12-17(18)22-19(24)25;1-2/h5-10,13-14,22H,11-12,20H2,1-4H3,(H,24,25);1-2H3/b9-7-,10-8-,15-5-,16-6+,18-17-,21-13-;. The number of nitrogens with two attached hydrogens (primary N) is 1. The van der Waals surface area contributed by atoms with Gasteiger partial charge >= 0.3 is 6.09 Å². The lowest BCUT2D eigenvalue weighted by Gasteiger charge is -2.26. The van der Waals surface area contributed by atoms with Gasteiger partial charge in [0.2, 0.25) is 0 Å². The van der Waals surface area contributed by atoms with Crippen molar-refractivity contribution in [3.05, 3.63) is 59.2 Å². The van der Waals surface area contributed by atoms with Gasteiger partial charge in [0.1, 0.15) is 0 Å². The van der Waals surface area contributed by atoms with E-state index in [4.69, 9.17) is 5.84 Å². The second kappa shape index (κ2) is 13.6. The summed E-state index contributed by atoms with van der Waals surface area (Å²) in [5, 5.41) is 13.2. The third kappa shape index (κ3) is 9.06. The minimum atomic E-state index is -1.10. The summed E-state index contributed by atoms with van der Waals surface area (Å²) in [6.07, 6.45) is 13.3. The molecule has 0 aromatic rings.